The number of hydrogen-bond acceptors (Lipinski definition) is 5. The van der Waals surface area contributed by atoms with E-state index in [4.69, 9.17) is 18.3 Å². The summed E-state index contributed by atoms with van der Waals surface area (Å²) in [7, 11) is -4.21. The molecule has 0 heterocycles. The highest BCUT2D eigenvalue weighted by Gasteiger charge is 2.52. The van der Waals surface area contributed by atoms with Crippen molar-refractivity contribution in [1.29, 1.82) is 0 Å². The summed E-state index contributed by atoms with van der Waals surface area (Å²) in [6.07, 6.45) is -0.487. The minimum atomic E-state index is -2.15. The third-order valence-electron chi connectivity index (χ3n) is 8.57. The van der Waals surface area contributed by atoms with Crippen LogP contribution in [0.15, 0.2) is 12.2 Å². The second kappa shape index (κ2) is 13.2. The van der Waals surface area contributed by atoms with E-state index in [0.717, 1.165) is 5.57 Å². The predicted molar refractivity (Wildman–Crippen MR) is 152 cm³/mol. The molecule has 1 saturated carbocycles. The van der Waals surface area contributed by atoms with Crippen molar-refractivity contribution < 1.29 is 23.1 Å². The summed E-state index contributed by atoms with van der Waals surface area (Å²) in [5.41, 5.74) is 3.81. The van der Waals surface area contributed by atoms with Crippen molar-refractivity contribution >= 4 is 22.8 Å². The van der Waals surface area contributed by atoms with Crippen molar-refractivity contribution in [2.75, 3.05) is 13.2 Å². The highest BCUT2D eigenvalue weighted by Crippen LogP contribution is 2.48. The molecule has 0 saturated heterocycles. The van der Waals surface area contributed by atoms with Crippen LogP contribution >= 0.6 is 0 Å². The standard InChI is InChI=1S/C28H56O5Si2/c1-15-30-28(29)32-26-16-27(33-35(21(8)9,22(10)11)23(12)13)25(24(26)14)17-31-34(18(2)3,19(4)5)20(6)7/h18-23,25-27H,14-17H2,1-13H3/t25-,26?,27-/m0/s1. The van der Waals surface area contributed by atoms with Crippen LogP contribution in [-0.4, -0.2) is 48.2 Å². The van der Waals surface area contributed by atoms with Crippen LogP contribution in [-0.2, 0) is 18.3 Å². The Kier molecular flexibility index (Phi) is 12.3. The Hall–Kier alpha value is -0.636. The smallest absolute Gasteiger partial charge is 0.435 e. The molecular formula is C28H56O5Si2. The molecule has 0 radical (unpaired) electrons. The number of carbonyl (C=O) groups excluding carboxylic acids is 1. The molecule has 1 aliphatic rings. The molecule has 1 rings (SSSR count). The molecule has 1 fully saturated rings. The van der Waals surface area contributed by atoms with Crippen molar-refractivity contribution in [2.24, 2.45) is 5.92 Å². The molecule has 1 unspecified atom stereocenters. The molecule has 0 aromatic heterocycles. The van der Waals surface area contributed by atoms with Crippen molar-refractivity contribution in [3.63, 3.8) is 0 Å². The second-order valence-electron chi connectivity index (χ2n) is 12.3. The summed E-state index contributed by atoms with van der Waals surface area (Å²) in [5, 5.41) is 0. The summed E-state index contributed by atoms with van der Waals surface area (Å²) in [4.78, 5) is 12.2. The van der Waals surface area contributed by atoms with Crippen LogP contribution in [0, 0.1) is 5.92 Å². The van der Waals surface area contributed by atoms with Gasteiger partial charge in [-0.2, -0.15) is 0 Å². The first-order chi connectivity index (χ1) is 16.1. The fourth-order valence-electron chi connectivity index (χ4n) is 7.15. The monoisotopic (exact) mass is 528 g/mol. The van der Waals surface area contributed by atoms with E-state index in [1.165, 1.54) is 0 Å². The van der Waals surface area contributed by atoms with Gasteiger partial charge in [-0.3, -0.25) is 0 Å². The maximum absolute atomic E-state index is 12.2. The van der Waals surface area contributed by atoms with E-state index < -0.39 is 28.9 Å². The molecule has 0 aromatic carbocycles. The molecule has 0 N–H and O–H groups in total. The van der Waals surface area contributed by atoms with Gasteiger partial charge >= 0.3 is 6.16 Å². The summed E-state index contributed by atoms with van der Waals surface area (Å²) in [6, 6.07) is 0. The minimum Gasteiger partial charge on any atom is -0.435 e. The van der Waals surface area contributed by atoms with Crippen molar-refractivity contribution in [1.82, 2.24) is 0 Å². The molecule has 206 valence electrons. The molecule has 35 heavy (non-hydrogen) atoms. The fraction of sp³-hybridized carbons (Fsp3) is 0.893. The van der Waals surface area contributed by atoms with E-state index in [9.17, 15) is 4.79 Å². The van der Waals surface area contributed by atoms with Crippen LogP contribution in [0.4, 0.5) is 4.79 Å². The van der Waals surface area contributed by atoms with Gasteiger partial charge < -0.3 is 18.3 Å². The van der Waals surface area contributed by atoms with E-state index in [1.807, 2.05) is 0 Å². The Morgan fingerprint density at radius 1 is 0.829 bits per heavy atom. The number of rotatable bonds is 13. The Morgan fingerprint density at radius 3 is 1.63 bits per heavy atom. The fourth-order valence-corrected chi connectivity index (χ4v) is 18.2. The molecule has 0 aromatic rings. The number of ether oxygens (including phenoxy) is 2. The van der Waals surface area contributed by atoms with Crippen LogP contribution in [0.3, 0.4) is 0 Å². The van der Waals surface area contributed by atoms with Crippen molar-refractivity contribution in [2.45, 2.75) is 142 Å². The number of hydrogen-bond donors (Lipinski definition) is 0. The quantitative estimate of drug-likeness (QED) is 0.136. The van der Waals surface area contributed by atoms with Gasteiger partial charge in [-0.25, -0.2) is 4.79 Å². The average Bonchev–Trinajstić information content (AvgIpc) is 2.99. The highest BCUT2D eigenvalue weighted by atomic mass is 28.4. The van der Waals surface area contributed by atoms with E-state index >= 15 is 0 Å². The van der Waals surface area contributed by atoms with E-state index in [-0.39, 0.29) is 12.0 Å². The van der Waals surface area contributed by atoms with E-state index in [2.05, 4.69) is 89.7 Å². The molecule has 0 bridgehead atoms. The lowest BCUT2D eigenvalue weighted by atomic mass is 10.0. The Labute approximate surface area is 219 Å². The zero-order chi connectivity index (χ0) is 27.3. The molecule has 3 atom stereocenters. The van der Waals surface area contributed by atoms with Crippen LogP contribution in [0.2, 0.25) is 33.2 Å². The third kappa shape index (κ3) is 6.82. The summed E-state index contributed by atoms with van der Waals surface area (Å²) in [6.45, 7) is 34.8. The van der Waals surface area contributed by atoms with E-state index in [1.54, 1.807) is 6.92 Å². The number of carbonyl (C=O) groups is 1. The average molecular weight is 529 g/mol. The Morgan fingerprint density at radius 2 is 1.26 bits per heavy atom. The first kappa shape index (κ1) is 32.4. The zero-order valence-corrected chi connectivity index (χ0v) is 27.1. The van der Waals surface area contributed by atoms with Crippen LogP contribution in [0.1, 0.15) is 96.4 Å². The second-order valence-corrected chi connectivity index (χ2v) is 23.2. The van der Waals surface area contributed by atoms with Gasteiger partial charge in [-0.05, 0) is 45.7 Å². The normalized spacial score (nSPS) is 21.9. The SMILES string of the molecule is C=C1C(OC(=O)OCC)C[C@H](O[Si](C(C)C)(C(C)C)C(C)C)[C@H]1CO[Si](C(C)C)(C(C)C)C(C)C. The molecule has 1 aliphatic carbocycles. The van der Waals surface area contributed by atoms with Crippen LogP contribution < -0.4 is 0 Å². The minimum absolute atomic E-state index is 0.000626. The molecule has 0 spiro atoms. The molecule has 0 aliphatic heterocycles. The lowest BCUT2D eigenvalue weighted by Gasteiger charge is -2.46. The summed E-state index contributed by atoms with van der Waals surface area (Å²) < 4.78 is 25.1. The lowest BCUT2D eigenvalue weighted by molar-refractivity contribution is 0.0327. The maximum atomic E-state index is 12.2. The Balaban J connectivity index is 3.38. The molecule has 7 heteroatoms. The first-order valence-electron chi connectivity index (χ1n) is 13.9. The van der Waals surface area contributed by atoms with Gasteiger partial charge in [0.2, 0.25) is 8.32 Å². The summed E-state index contributed by atoms with van der Waals surface area (Å²) in [5.74, 6) is 0.000626. The maximum Gasteiger partial charge on any atom is 0.508 e. The highest BCUT2D eigenvalue weighted by molar-refractivity contribution is 6.78. The van der Waals surface area contributed by atoms with Gasteiger partial charge in [-0.1, -0.05) is 89.7 Å². The zero-order valence-electron chi connectivity index (χ0n) is 25.1. The molecule has 0 amide bonds. The topological polar surface area (TPSA) is 54.0 Å². The van der Waals surface area contributed by atoms with Crippen LogP contribution in [0.25, 0.3) is 0 Å². The largest absolute Gasteiger partial charge is 0.508 e. The molecular weight excluding hydrogens is 472 g/mol. The van der Waals surface area contributed by atoms with Gasteiger partial charge in [0.05, 0.1) is 12.7 Å². The Bertz CT molecular complexity index is 643. The molecule has 5 nitrogen and oxygen atoms in total. The van der Waals surface area contributed by atoms with Gasteiger partial charge in [-0.15, -0.1) is 0 Å². The lowest BCUT2D eigenvalue weighted by Crippen LogP contribution is -2.52. The van der Waals surface area contributed by atoms with E-state index in [0.29, 0.717) is 52.9 Å². The van der Waals surface area contributed by atoms with Crippen molar-refractivity contribution in [3.8, 4) is 0 Å². The third-order valence-corrected chi connectivity index (χ3v) is 20.8. The van der Waals surface area contributed by atoms with Gasteiger partial charge in [0, 0.05) is 18.9 Å². The first-order valence-corrected chi connectivity index (χ1v) is 18.2. The van der Waals surface area contributed by atoms with Gasteiger partial charge in [0.1, 0.15) is 6.10 Å². The van der Waals surface area contributed by atoms with Gasteiger partial charge in [0.15, 0.2) is 8.32 Å². The van der Waals surface area contributed by atoms with Crippen LogP contribution in [0.5, 0.6) is 0 Å². The van der Waals surface area contributed by atoms with Crippen molar-refractivity contribution in [3.05, 3.63) is 12.2 Å². The predicted octanol–water partition coefficient (Wildman–Crippen LogP) is 8.86. The summed E-state index contributed by atoms with van der Waals surface area (Å²) >= 11 is 0. The van der Waals surface area contributed by atoms with Gasteiger partial charge in [0.25, 0.3) is 0 Å².